The Bertz CT molecular complexity index is 431. The standard InChI is InChI=1S/C13H17ClN2O2/c1-13(2)7-10(5-6-18-13)16-12(17)9-3-4-11(14)15-8-9/h3-4,8,10H,5-7H2,1-2H3,(H,16,17). The number of carbonyl (C=O) groups excluding carboxylic acids is 1. The van der Waals surface area contributed by atoms with Gasteiger partial charge in [0.25, 0.3) is 5.91 Å². The number of nitrogens with zero attached hydrogens (tertiary/aromatic N) is 1. The molecule has 98 valence electrons. The zero-order valence-electron chi connectivity index (χ0n) is 10.6. The van der Waals surface area contributed by atoms with Gasteiger partial charge in [0.15, 0.2) is 0 Å². The lowest BCUT2D eigenvalue weighted by atomic mass is 9.94. The maximum Gasteiger partial charge on any atom is 0.253 e. The van der Waals surface area contributed by atoms with E-state index in [4.69, 9.17) is 16.3 Å². The van der Waals surface area contributed by atoms with Gasteiger partial charge < -0.3 is 10.1 Å². The topological polar surface area (TPSA) is 51.2 Å². The molecule has 0 radical (unpaired) electrons. The van der Waals surface area contributed by atoms with Crippen molar-refractivity contribution < 1.29 is 9.53 Å². The van der Waals surface area contributed by atoms with E-state index in [0.29, 0.717) is 17.3 Å². The van der Waals surface area contributed by atoms with Crippen molar-refractivity contribution in [1.82, 2.24) is 10.3 Å². The normalized spacial score (nSPS) is 22.5. The smallest absolute Gasteiger partial charge is 0.253 e. The molecule has 0 aromatic carbocycles. The number of rotatable bonds is 2. The summed E-state index contributed by atoms with van der Waals surface area (Å²) in [6, 6.07) is 3.44. The van der Waals surface area contributed by atoms with Crippen LogP contribution in [-0.2, 0) is 4.74 Å². The van der Waals surface area contributed by atoms with E-state index < -0.39 is 0 Å². The monoisotopic (exact) mass is 268 g/mol. The predicted octanol–water partition coefficient (Wildman–Crippen LogP) is 2.42. The van der Waals surface area contributed by atoms with Crippen molar-refractivity contribution in [3.05, 3.63) is 29.0 Å². The third kappa shape index (κ3) is 3.43. The Morgan fingerprint density at radius 3 is 2.94 bits per heavy atom. The molecule has 1 aromatic rings. The fraction of sp³-hybridized carbons (Fsp3) is 0.538. The minimum absolute atomic E-state index is 0.109. The number of nitrogens with one attached hydrogen (secondary N) is 1. The summed E-state index contributed by atoms with van der Waals surface area (Å²) in [5.74, 6) is -0.109. The van der Waals surface area contributed by atoms with Gasteiger partial charge in [-0.3, -0.25) is 4.79 Å². The number of halogens is 1. The molecule has 4 nitrogen and oxygen atoms in total. The lowest BCUT2D eigenvalue weighted by Gasteiger charge is -2.35. The molecule has 1 aliphatic rings. The first-order valence-electron chi connectivity index (χ1n) is 6.03. The van der Waals surface area contributed by atoms with Crippen LogP contribution >= 0.6 is 11.6 Å². The zero-order valence-corrected chi connectivity index (χ0v) is 11.3. The van der Waals surface area contributed by atoms with Crippen LogP contribution < -0.4 is 5.32 Å². The first kappa shape index (κ1) is 13.3. The largest absolute Gasteiger partial charge is 0.375 e. The first-order chi connectivity index (χ1) is 8.46. The molecule has 1 unspecified atom stereocenters. The van der Waals surface area contributed by atoms with Crippen LogP contribution in [0.3, 0.4) is 0 Å². The van der Waals surface area contributed by atoms with Gasteiger partial charge in [-0.15, -0.1) is 0 Å². The Morgan fingerprint density at radius 1 is 1.56 bits per heavy atom. The summed E-state index contributed by atoms with van der Waals surface area (Å²) in [4.78, 5) is 15.9. The molecule has 2 rings (SSSR count). The second-order valence-electron chi connectivity index (χ2n) is 5.14. The fourth-order valence-corrected chi connectivity index (χ4v) is 2.25. The van der Waals surface area contributed by atoms with Crippen molar-refractivity contribution in [2.75, 3.05) is 6.61 Å². The van der Waals surface area contributed by atoms with Crippen LogP contribution in [0.4, 0.5) is 0 Å². The average Bonchev–Trinajstić information content (AvgIpc) is 2.28. The summed E-state index contributed by atoms with van der Waals surface area (Å²) in [5, 5.41) is 3.40. The van der Waals surface area contributed by atoms with Crippen molar-refractivity contribution in [2.45, 2.75) is 38.3 Å². The van der Waals surface area contributed by atoms with Crippen LogP contribution in [0.1, 0.15) is 37.0 Å². The molecule has 1 amide bonds. The van der Waals surface area contributed by atoms with E-state index in [2.05, 4.69) is 10.3 Å². The third-order valence-electron chi connectivity index (χ3n) is 3.02. The van der Waals surface area contributed by atoms with Crippen molar-refractivity contribution in [3.8, 4) is 0 Å². The van der Waals surface area contributed by atoms with Crippen LogP contribution in [-0.4, -0.2) is 29.1 Å². The minimum atomic E-state index is -0.172. The van der Waals surface area contributed by atoms with Crippen LogP contribution in [0, 0.1) is 0 Å². The highest BCUT2D eigenvalue weighted by Gasteiger charge is 2.29. The average molecular weight is 269 g/mol. The number of carbonyl (C=O) groups is 1. The minimum Gasteiger partial charge on any atom is -0.375 e. The Labute approximate surface area is 112 Å². The number of hydrogen-bond donors (Lipinski definition) is 1. The van der Waals surface area contributed by atoms with Gasteiger partial charge in [-0.25, -0.2) is 4.98 Å². The maximum atomic E-state index is 12.0. The summed E-state index contributed by atoms with van der Waals surface area (Å²) >= 11 is 5.69. The molecular weight excluding hydrogens is 252 g/mol. The molecule has 1 fully saturated rings. The van der Waals surface area contributed by atoms with E-state index in [-0.39, 0.29) is 17.6 Å². The van der Waals surface area contributed by atoms with E-state index in [1.807, 2.05) is 13.8 Å². The van der Waals surface area contributed by atoms with E-state index >= 15 is 0 Å². The highest BCUT2D eigenvalue weighted by molar-refractivity contribution is 6.29. The first-order valence-corrected chi connectivity index (χ1v) is 6.40. The van der Waals surface area contributed by atoms with Gasteiger partial charge in [-0.1, -0.05) is 11.6 Å². The summed E-state index contributed by atoms with van der Waals surface area (Å²) < 4.78 is 5.62. The number of aromatic nitrogens is 1. The quantitative estimate of drug-likeness (QED) is 0.838. The van der Waals surface area contributed by atoms with Gasteiger partial charge in [0.1, 0.15) is 5.15 Å². The van der Waals surface area contributed by atoms with Crippen LogP contribution in [0.15, 0.2) is 18.3 Å². The highest BCUT2D eigenvalue weighted by Crippen LogP contribution is 2.24. The number of pyridine rings is 1. The second kappa shape index (κ2) is 5.24. The van der Waals surface area contributed by atoms with Gasteiger partial charge in [0, 0.05) is 18.8 Å². The molecule has 0 saturated carbocycles. The lowest BCUT2D eigenvalue weighted by Crippen LogP contribution is -2.45. The summed E-state index contributed by atoms with van der Waals surface area (Å²) in [5.41, 5.74) is 0.359. The van der Waals surface area contributed by atoms with Gasteiger partial charge >= 0.3 is 0 Å². The molecule has 1 saturated heterocycles. The van der Waals surface area contributed by atoms with Crippen molar-refractivity contribution in [3.63, 3.8) is 0 Å². The number of ether oxygens (including phenoxy) is 1. The summed E-state index contributed by atoms with van der Waals surface area (Å²) in [6.45, 7) is 4.75. The molecule has 0 aliphatic carbocycles. The highest BCUT2D eigenvalue weighted by atomic mass is 35.5. The lowest BCUT2D eigenvalue weighted by molar-refractivity contribution is -0.0615. The van der Waals surface area contributed by atoms with Crippen molar-refractivity contribution in [2.24, 2.45) is 0 Å². The van der Waals surface area contributed by atoms with Gasteiger partial charge in [-0.2, -0.15) is 0 Å². The van der Waals surface area contributed by atoms with Crippen LogP contribution in [0.2, 0.25) is 5.15 Å². The zero-order chi connectivity index (χ0) is 13.2. The molecule has 1 N–H and O–H groups in total. The predicted molar refractivity (Wildman–Crippen MR) is 69.8 cm³/mol. The van der Waals surface area contributed by atoms with Gasteiger partial charge in [0.05, 0.1) is 11.2 Å². The Morgan fingerprint density at radius 2 is 2.33 bits per heavy atom. The molecule has 2 heterocycles. The molecular formula is C13H17ClN2O2. The van der Waals surface area contributed by atoms with E-state index in [9.17, 15) is 4.79 Å². The second-order valence-corrected chi connectivity index (χ2v) is 5.53. The maximum absolute atomic E-state index is 12.0. The van der Waals surface area contributed by atoms with Crippen LogP contribution in [0.5, 0.6) is 0 Å². The molecule has 0 spiro atoms. The van der Waals surface area contributed by atoms with E-state index in [1.165, 1.54) is 6.20 Å². The number of hydrogen-bond acceptors (Lipinski definition) is 3. The summed E-state index contributed by atoms with van der Waals surface area (Å²) in [6.07, 6.45) is 3.15. The van der Waals surface area contributed by atoms with Gasteiger partial charge in [-0.05, 0) is 38.8 Å². The number of amides is 1. The Kier molecular flexibility index (Phi) is 3.88. The third-order valence-corrected chi connectivity index (χ3v) is 3.25. The van der Waals surface area contributed by atoms with Crippen molar-refractivity contribution in [1.29, 1.82) is 0 Å². The van der Waals surface area contributed by atoms with E-state index in [1.54, 1.807) is 12.1 Å². The van der Waals surface area contributed by atoms with Crippen molar-refractivity contribution >= 4 is 17.5 Å². The molecule has 1 atom stereocenters. The SMILES string of the molecule is CC1(C)CC(NC(=O)c2ccc(Cl)nc2)CCO1. The molecule has 1 aliphatic heterocycles. The van der Waals surface area contributed by atoms with Crippen LogP contribution in [0.25, 0.3) is 0 Å². The fourth-order valence-electron chi connectivity index (χ4n) is 2.13. The van der Waals surface area contributed by atoms with E-state index in [0.717, 1.165) is 12.8 Å². The Hall–Kier alpha value is -1.13. The molecule has 1 aromatic heterocycles. The Balaban J connectivity index is 1.97. The summed E-state index contributed by atoms with van der Waals surface area (Å²) in [7, 11) is 0. The molecule has 0 bridgehead atoms. The van der Waals surface area contributed by atoms with Gasteiger partial charge in [0.2, 0.25) is 0 Å². The molecule has 18 heavy (non-hydrogen) atoms. The molecule has 5 heteroatoms.